The Hall–Kier alpha value is -2.07. The summed E-state index contributed by atoms with van der Waals surface area (Å²) >= 11 is 0. The summed E-state index contributed by atoms with van der Waals surface area (Å²) < 4.78 is 5.48. The molecular formula is C17H22N2O2. The zero-order valence-corrected chi connectivity index (χ0v) is 12.6. The van der Waals surface area contributed by atoms with E-state index in [2.05, 4.69) is 0 Å². The van der Waals surface area contributed by atoms with Crippen molar-refractivity contribution in [1.82, 2.24) is 4.90 Å². The van der Waals surface area contributed by atoms with Crippen LogP contribution in [0.5, 0.6) is 0 Å². The van der Waals surface area contributed by atoms with Crippen LogP contribution >= 0.6 is 0 Å². The fraction of sp³-hybridized carbons (Fsp3) is 0.353. The molecule has 112 valence electrons. The minimum Gasteiger partial charge on any atom is -0.464 e. The van der Waals surface area contributed by atoms with Gasteiger partial charge in [0.05, 0.1) is 12.6 Å². The van der Waals surface area contributed by atoms with Crippen molar-refractivity contribution >= 4 is 5.91 Å². The fourth-order valence-corrected chi connectivity index (χ4v) is 2.26. The van der Waals surface area contributed by atoms with Crippen molar-refractivity contribution in [1.29, 1.82) is 0 Å². The van der Waals surface area contributed by atoms with E-state index in [9.17, 15) is 4.79 Å². The monoisotopic (exact) mass is 286 g/mol. The Kier molecular flexibility index (Phi) is 5.17. The molecule has 0 saturated carbocycles. The van der Waals surface area contributed by atoms with E-state index in [0.29, 0.717) is 13.0 Å². The molecule has 2 N–H and O–H groups in total. The van der Waals surface area contributed by atoms with Crippen molar-refractivity contribution < 1.29 is 9.21 Å². The summed E-state index contributed by atoms with van der Waals surface area (Å²) in [7, 11) is 1.75. The van der Waals surface area contributed by atoms with E-state index in [1.165, 1.54) is 5.56 Å². The van der Waals surface area contributed by atoms with Gasteiger partial charge in [-0.15, -0.1) is 0 Å². The molecule has 0 aliphatic rings. The Balaban J connectivity index is 1.83. The Morgan fingerprint density at radius 1 is 1.24 bits per heavy atom. The number of hydrogen-bond acceptors (Lipinski definition) is 3. The zero-order chi connectivity index (χ0) is 15.2. The molecule has 1 atom stereocenters. The molecule has 4 nitrogen and oxygen atoms in total. The highest BCUT2D eigenvalue weighted by Gasteiger charge is 2.18. The summed E-state index contributed by atoms with van der Waals surface area (Å²) in [5, 5.41) is 0. The Bertz CT molecular complexity index is 577. The third-order valence-electron chi connectivity index (χ3n) is 3.47. The summed E-state index contributed by atoms with van der Waals surface area (Å²) in [6, 6.07) is 13.4. The lowest BCUT2D eigenvalue weighted by Gasteiger charge is -2.20. The van der Waals surface area contributed by atoms with Crippen molar-refractivity contribution in [3.05, 3.63) is 59.5 Å². The van der Waals surface area contributed by atoms with Crippen LogP contribution in [-0.4, -0.2) is 23.9 Å². The molecule has 0 spiro atoms. The first kappa shape index (κ1) is 15.3. The first-order valence-corrected chi connectivity index (χ1v) is 7.16. The van der Waals surface area contributed by atoms with Gasteiger partial charge in [0.2, 0.25) is 5.91 Å². The van der Waals surface area contributed by atoms with E-state index in [0.717, 1.165) is 17.9 Å². The van der Waals surface area contributed by atoms with Gasteiger partial charge in [-0.3, -0.25) is 4.79 Å². The molecule has 0 fully saturated rings. The SMILES string of the molecule is Cc1ccc(CN(C)C(=O)[C@@H](N)CCc2ccccc2)o1. The highest BCUT2D eigenvalue weighted by atomic mass is 16.3. The van der Waals surface area contributed by atoms with Gasteiger partial charge >= 0.3 is 0 Å². The first-order chi connectivity index (χ1) is 10.1. The number of furan rings is 1. The summed E-state index contributed by atoms with van der Waals surface area (Å²) in [5.74, 6) is 1.57. The highest BCUT2D eigenvalue weighted by molar-refractivity contribution is 5.81. The molecule has 1 aromatic heterocycles. The number of aryl methyl sites for hydroxylation is 2. The number of amides is 1. The van der Waals surface area contributed by atoms with Crippen molar-refractivity contribution in [2.45, 2.75) is 32.4 Å². The number of nitrogens with zero attached hydrogens (tertiary/aromatic N) is 1. The van der Waals surface area contributed by atoms with Crippen LogP contribution in [0.3, 0.4) is 0 Å². The molecule has 21 heavy (non-hydrogen) atoms. The number of likely N-dealkylation sites (N-methyl/N-ethyl adjacent to an activating group) is 1. The second-order valence-electron chi connectivity index (χ2n) is 5.34. The maximum Gasteiger partial charge on any atom is 0.239 e. The van der Waals surface area contributed by atoms with Crippen LogP contribution < -0.4 is 5.73 Å². The highest BCUT2D eigenvalue weighted by Crippen LogP contribution is 2.10. The summed E-state index contributed by atoms with van der Waals surface area (Å²) in [4.78, 5) is 13.9. The van der Waals surface area contributed by atoms with Gasteiger partial charge in [-0.05, 0) is 37.5 Å². The quantitative estimate of drug-likeness (QED) is 0.887. The van der Waals surface area contributed by atoms with E-state index in [-0.39, 0.29) is 5.91 Å². The van der Waals surface area contributed by atoms with Gasteiger partial charge in [-0.25, -0.2) is 0 Å². The normalized spacial score (nSPS) is 12.1. The number of hydrogen-bond donors (Lipinski definition) is 1. The maximum atomic E-state index is 12.2. The van der Waals surface area contributed by atoms with E-state index < -0.39 is 6.04 Å². The van der Waals surface area contributed by atoms with Gasteiger partial charge in [-0.2, -0.15) is 0 Å². The van der Waals surface area contributed by atoms with Crippen LogP contribution in [0.4, 0.5) is 0 Å². The molecule has 0 saturated heterocycles. The largest absolute Gasteiger partial charge is 0.464 e. The van der Waals surface area contributed by atoms with Crippen molar-refractivity contribution in [2.24, 2.45) is 5.73 Å². The second kappa shape index (κ2) is 7.09. The van der Waals surface area contributed by atoms with E-state index in [1.807, 2.05) is 49.4 Å². The lowest BCUT2D eigenvalue weighted by molar-refractivity contribution is -0.132. The van der Waals surface area contributed by atoms with Crippen LogP contribution in [0.25, 0.3) is 0 Å². The molecular weight excluding hydrogens is 264 g/mol. The number of carbonyl (C=O) groups excluding carboxylic acids is 1. The van der Waals surface area contributed by atoms with Gasteiger partial charge in [0, 0.05) is 7.05 Å². The molecule has 2 aromatic rings. The van der Waals surface area contributed by atoms with Gasteiger partial charge in [0.15, 0.2) is 0 Å². The van der Waals surface area contributed by atoms with Crippen LogP contribution in [0.2, 0.25) is 0 Å². The van der Waals surface area contributed by atoms with E-state index in [1.54, 1.807) is 11.9 Å². The fourth-order valence-electron chi connectivity index (χ4n) is 2.26. The van der Waals surface area contributed by atoms with Crippen molar-refractivity contribution in [3.63, 3.8) is 0 Å². The lowest BCUT2D eigenvalue weighted by atomic mass is 10.1. The summed E-state index contributed by atoms with van der Waals surface area (Å²) in [6.07, 6.45) is 1.45. The summed E-state index contributed by atoms with van der Waals surface area (Å²) in [6.45, 7) is 2.34. The third-order valence-corrected chi connectivity index (χ3v) is 3.47. The average Bonchev–Trinajstić information content (AvgIpc) is 2.90. The van der Waals surface area contributed by atoms with Gasteiger partial charge in [-0.1, -0.05) is 30.3 Å². The third kappa shape index (κ3) is 4.46. The molecule has 1 heterocycles. The number of benzene rings is 1. The lowest BCUT2D eigenvalue weighted by Crippen LogP contribution is -2.41. The average molecular weight is 286 g/mol. The Morgan fingerprint density at radius 3 is 2.57 bits per heavy atom. The minimum absolute atomic E-state index is 0.0556. The predicted octanol–water partition coefficient (Wildman–Crippen LogP) is 2.51. The topological polar surface area (TPSA) is 59.5 Å². The maximum absolute atomic E-state index is 12.2. The van der Waals surface area contributed by atoms with Crippen LogP contribution in [0, 0.1) is 6.92 Å². The van der Waals surface area contributed by atoms with E-state index >= 15 is 0 Å². The molecule has 4 heteroatoms. The molecule has 1 aromatic carbocycles. The van der Waals surface area contributed by atoms with Crippen LogP contribution in [-0.2, 0) is 17.8 Å². The Morgan fingerprint density at radius 2 is 1.95 bits per heavy atom. The van der Waals surface area contributed by atoms with Gasteiger partial charge in [0.25, 0.3) is 0 Å². The predicted molar refractivity (Wildman–Crippen MR) is 82.7 cm³/mol. The molecule has 0 aliphatic carbocycles. The number of rotatable bonds is 6. The first-order valence-electron chi connectivity index (χ1n) is 7.16. The van der Waals surface area contributed by atoms with E-state index in [4.69, 9.17) is 10.2 Å². The van der Waals surface area contributed by atoms with Crippen molar-refractivity contribution in [3.8, 4) is 0 Å². The summed E-state index contributed by atoms with van der Waals surface area (Å²) in [5.41, 5.74) is 7.20. The van der Waals surface area contributed by atoms with Gasteiger partial charge in [0.1, 0.15) is 11.5 Å². The number of carbonyl (C=O) groups is 1. The Labute approximate surface area is 125 Å². The molecule has 0 bridgehead atoms. The van der Waals surface area contributed by atoms with Crippen LogP contribution in [0.15, 0.2) is 46.9 Å². The van der Waals surface area contributed by atoms with Gasteiger partial charge < -0.3 is 15.1 Å². The molecule has 0 unspecified atom stereocenters. The second-order valence-corrected chi connectivity index (χ2v) is 5.34. The smallest absolute Gasteiger partial charge is 0.239 e. The van der Waals surface area contributed by atoms with Crippen LogP contribution in [0.1, 0.15) is 23.5 Å². The van der Waals surface area contributed by atoms with Crippen molar-refractivity contribution in [2.75, 3.05) is 7.05 Å². The standard InChI is InChI=1S/C17H22N2O2/c1-13-8-10-15(21-13)12-19(2)17(20)16(18)11-9-14-6-4-3-5-7-14/h3-8,10,16H,9,11-12,18H2,1-2H3/t16-/m0/s1. The minimum atomic E-state index is -0.480. The molecule has 0 radical (unpaired) electrons. The molecule has 1 amide bonds. The number of nitrogens with two attached hydrogens (primary N) is 1. The molecule has 2 rings (SSSR count). The zero-order valence-electron chi connectivity index (χ0n) is 12.6. The molecule has 0 aliphatic heterocycles.